The number of Topliss-reactive ketones (excluding diaryl/α,β-unsaturated/α-hetero) is 1. The third-order valence-corrected chi connectivity index (χ3v) is 7.01. The number of hydrogen-bond donors (Lipinski definition) is 2. The summed E-state index contributed by atoms with van der Waals surface area (Å²) in [5.74, 6) is 1.64. The molecule has 5 rings (SSSR count). The highest BCUT2D eigenvalue weighted by Crippen LogP contribution is 2.47. The number of anilines is 2. The zero-order chi connectivity index (χ0) is 22.9. The Hall–Kier alpha value is -3.25. The molecule has 1 heterocycles. The van der Waals surface area contributed by atoms with E-state index in [1.54, 1.807) is 14.2 Å². The molecule has 33 heavy (non-hydrogen) atoms. The molecule has 0 saturated heterocycles. The Morgan fingerprint density at radius 1 is 0.879 bits per heavy atom. The highest BCUT2D eigenvalue weighted by molar-refractivity contribution is 9.10. The summed E-state index contributed by atoms with van der Waals surface area (Å²) in [5.41, 5.74) is 5.63. The number of rotatable bonds is 4. The van der Waals surface area contributed by atoms with Gasteiger partial charge in [-0.1, -0.05) is 42.5 Å². The summed E-state index contributed by atoms with van der Waals surface area (Å²) >= 11 is 3.55. The van der Waals surface area contributed by atoms with Crippen molar-refractivity contribution in [1.29, 1.82) is 0 Å². The quantitative estimate of drug-likeness (QED) is 0.427. The van der Waals surface area contributed by atoms with Gasteiger partial charge in [-0.15, -0.1) is 0 Å². The first-order valence-corrected chi connectivity index (χ1v) is 11.7. The van der Waals surface area contributed by atoms with Crippen LogP contribution >= 0.6 is 15.9 Å². The highest BCUT2D eigenvalue weighted by Gasteiger charge is 2.37. The van der Waals surface area contributed by atoms with Gasteiger partial charge < -0.3 is 20.1 Å². The van der Waals surface area contributed by atoms with Crippen molar-refractivity contribution in [2.75, 3.05) is 24.9 Å². The second-order valence-corrected chi connectivity index (χ2v) is 9.16. The molecule has 3 aromatic rings. The van der Waals surface area contributed by atoms with Crippen molar-refractivity contribution in [3.63, 3.8) is 0 Å². The van der Waals surface area contributed by atoms with Gasteiger partial charge >= 0.3 is 0 Å². The van der Waals surface area contributed by atoms with Crippen molar-refractivity contribution in [2.45, 2.75) is 24.8 Å². The van der Waals surface area contributed by atoms with Crippen LogP contribution in [0.2, 0.25) is 0 Å². The Labute approximate surface area is 201 Å². The fourth-order valence-corrected chi connectivity index (χ4v) is 5.28. The number of carbonyl (C=O) groups is 1. The fourth-order valence-electron chi connectivity index (χ4n) is 4.80. The van der Waals surface area contributed by atoms with Crippen molar-refractivity contribution in [2.24, 2.45) is 0 Å². The first-order valence-electron chi connectivity index (χ1n) is 10.9. The molecule has 0 saturated carbocycles. The lowest BCUT2D eigenvalue weighted by molar-refractivity contribution is -0.116. The average molecular weight is 505 g/mol. The van der Waals surface area contributed by atoms with Gasteiger partial charge in [0.25, 0.3) is 0 Å². The van der Waals surface area contributed by atoms with Crippen LogP contribution in [0.1, 0.15) is 35.9 Å². The van der Waals surface area contributed by atoms with Gasteiger partial charge in [0.15, 0.2) is 5.78 Å². The Bertz CT molecular complexity index is 1240. The van der Waals surface area contributed by atoms with Crippen molar-refractivity contribution in [1.82, 2.24) is 0 Å². The molecule has 3 aromatic carbocycles. The minimum absolute atomic E-state index is 0.131. The number of benzene rings is 3. The number of nitrogens with one attached hydrogen (secondary N) is 2. The summed E-state index contributed by atoms with van der Waals surface area (Å²) in [6.07, 6.45) is 1.22. The molecule has 2 atom stereocenters. The number of fused-ring (bicyclic) bond motifs is 1. The second-order valence-electron chi connectivity index (χ2n) is 8.31. The molecule has 168 valence electrons. The predicted octanol–water partition coefficient (Wildman–Crippen LogP) is 6.45. The van der Waals surface area contributed by atoms with Crippen molar-refractivity contribution < 1.29 is 14.3 Å². The largest absolute Gasteiger partial charge is 0.496 e. The predicted molar refractivity (Wildman–Crippen MR) is 134 cm³/mol. The van der Waals surface area contributed by atoms with E-state index in [2.05, 4.69) is 38.7 Å². The molecule has 0 bridgehead atoms. The number of ether oxygens (including phenoxy) is 2. The molecule has 1 aliphatic heterocycles. The Kier molecular flexibility index (Phi) is 5.85. The Morgan fingerprint density at radius 2 is 1.58 bits per heavy atom. The minimum atomic E-state index is -0.377. The first kappa shape index (κ1) is 21.6. The zero-order valence-electron chi connectivity index (χ0n) is 18.5. The van der Waals surface area contributed by atoms with Gasteiger partial charge in [-0.3, -0.25) is 4.79 Å². The average Bonchev–Trinajstić information content (AvgIpc) is 3.01. The maximum atomic E-state index is 13.7. The summed E-state index contributed by atoms with van der Waals surface area (Å²) in [4.78, 5) is 13.7. The molecule has 2 N–H and O–H groups in total. The molecule has 5 nitrogen and oxygen atoms in total. The summed E-state index contributed by atoms with van der Waals surface area (Å²) in [6, 6.07) is 21.8. The third-order valence-electron chi connectivity index (χ3n) is 6.40. The van der Waals surface area contributed by atoms with Crippen molar-refractivity contribution >= 4 is 33.1 Å². The number of halogens is 1. The molecule has 0 unspecified atom stereocenters. The fraction of sp³-hybridized carbons (Fsp3) is 0.222. The van der Waals surface area contributed by atoms with E-state index >= 15 is 0 Å². The van der Waals surface area contributed by atoms with E-state index < -0.39 is 0 Å². The minimum Gasteiger partial charge on any atom is -0.496 e. The molecule has 1 aliphatic carbocycles. The maximum absolute atomic E-state index is 13.7. The number of ketones is 1. The van der Waals surface area contributed by atoms with Crippen LogP contribution in [0.5, 0.6) is 11.5 Å². The number of methoxy groups -OCH3 is 2. The van der Waals surface area contributed by atoms with Gasteiger partial charge in [-0.05, 0) is 58.1 Å². The summed E-state index contributed by atoms with van der Waals surface area (Å²) in [7, 11) is 3.28. The van der Waals surface area contributed by atoms with Crippen molar-refractivity contribution in [3.8, 4) is 11.5 Å². The smallest absolute Gasteiger partial charge is 0.163 e. The highest BCUT2D eigenvalue weighted by atomic mass is 79.9. The van der Waals surface area contributed by atoms with Crippen molar-refractivity contribution in [3.05, 3.63) is 93.6 Å². The number of allylic oxidation sites excluding steroid dienone is 1. The molecule has 2 aliphatic rings. The monoisotopic (exact) mass is 504 g/mol. The van der Waals surface area contributed by atoms with Crippen LogP contribution in [0.4, 0.5) is 11.4 Å². The molecule has 0 fully saturated rings. The van der Waals surface area contributed by atoms with E-state index in [0.717, 1.165) is 39.1 Å². The van der Waals surface area contributed by atoms with Gasteiger partial charge in [0.05, 0.1) is 36.1 Å². The van der Waals surface area contributed by atoms with E-state index in [4.69, 9.17) is 9.47 Å². The topological polar surface area (TPSA) is 59.6 Å². The van der Waals surface area contributed by atoms with Crippen LogP contribution in [0, 0.1) is 0 Å². The van der Waals surface area contributed by atoms with Gasteiger partial charge in [0.2, 0.25) is 0 Å². The van der Waals surface area contributed by atoms with Gasteiger partial charge in [0, 0.05) is 23.3 Å². The first-order chi connectivity index (χ1) is 16.1. The Morgan fingerprint density at radius 3 is 2.30 bits per heavy atom. The summed E-state index contributed by atoms with van der Waals surface area (Å²) < 4.78 is 12.1. The van der Waals surface area contributed by atoms with Crippen LogP contribution in [0.25, 0.3) is 0 Å². The lowest BCUT2D eigenvalue weighted by Crippen LogP contribution is -2.27. The summed E-state index contributed by atoms with van der Waals surface area (Å²) in [5, 5.41) is 7.20. The van der Waals surface area contributed by atoms with Gasteiger partial charge in [-0.2, -0.15) is 0 Å². The number of para-hydroxylation sites is 2. The Balaban J connectivity index is 1.67. The molecule has 0 amide bonds. The molecule has 0 spiro atoms. The molecular weight excluding hydrogens is 480 g/mol. The van der Waals surface area contributed by atoms with E-state index in [0.29, 0.717) is 17.9 Å². The van der Waals surface area contributed by atoms with E-state index in [1.165, 1.54) is 5.56 Å². The van der Waals surface area contributed by atoms with Crippen LogP contribution in [-0.4, -0.2) is 20.0 Å². The lowest BCUT2D eigenvalue weighted by Gasteiger charge is -2.30. The van der Waals surface area contributed by atoms with E-state index in [1.807, 2.05) is 54.6 Å². The molecule has 0 radical (unpaired) electrons. The number of carbonyl (C=O) groups excluding carboxylic acids is 1. The SMILES string of the molecule is COc1cc([C@H]2Nc3ccccc3NC3=C2C(=O)C[C@H](c2ccccc2)C3)c(OC)cc1Br. The molecule has 6 heteroatoms. The van der Waals surface area contributed by atoms with E-state index in [-0.39, 0.29) is 17.7 Å². The normalized spacial score (nSPS) is 19.5. The van der Waals surface area contributed by atoms with Crippen LogP contribution < -0.4 is 20.1 Å². The number of hydrogen-bond acceptors (Lipinski definition) is 5. The van der Waals surface area contributed by atoms with Gasteiger partial charge in [0.1, 0.15) is 11.5 Å². The second kappa shape index (κ2) is 8.94. The third kappa shape index (κ3) is 4.00. The van der Waals surface area contributed by atoms with Crippen LogP contribution in [-0.2, 0) is 4.79 Å². The zero-order valence-corrected chi connectivity index (χ0v) is 20.1. The maximum Gasteiger partial charge on any atom is 0.163 e. The molecular formula is C27H25BrN2O3. The van der Waals surface area contributed by atoms with Gasteiger partial charge in [-0.25, -0.2) is 0 Å². The molecule has 0 aromatic heterocycles. The summed E-state index contributed by atoms with van der Waals surface area (Å²) in [6.45, 7) is 0. The van der Waals surface area contributed by atoms with Crippen LogP contribution in [0.15, 0.2) is 82.5 Å². The lowest BCUT2D eigenvalue weighted by atomic mass is 9.78. The van der Waals surface area contributed by atoms with E-state index in [9.17, 15) is 4.79 Å². The standard InChI is InChI=1S/C27H25BrN2O3/c1-32-24-15-19(28)25(33-2)14-18(24)27-26-22(29-20-10-6-7-11-21(20)30-27)12-17(13-23(26)31)16-8-4-3-5-9-16/h3-11,14-15,17,27,29-30H,12-13H2,1-2H3/t17-,27-/m1/s1. The van der Waals surface area contributed by atoms with Crippen LogP contribution in [0.3, 0.4) is 0 Å².